The lowest BCUT2D eigenvalue weighted by molar-refractivity contribution is 0.405. The molecule has 0 amide bonds. The molecular weight excluding hydrogens is 330 g/mol. The van der Waals surface area contributed by atoms with Gasteiger partial charge in [-0.1, -0.05) is 12.1 Å². The minimum atomic E-state index is -3.04. The van der Waals surface area contributed by atoms with E-state index in [1.165, 1.54) is 0 Å². The maximum absolute atomic E-state index is 10.6. The summed E-state index contributed by atoms with van der Waals surface area (Å²) < 4.78 is 20.3. The third-order valence-corrected chi connectivity index (χ3v) is 2.46. The van der Waals surface area contributed by atoms with Crippen LogP contribution in [0, 0.1) is 12.3 Å². The maximum Gasteiger partial charge on any atom is 0.365 e. The van der Waals surface area contributed by atoms with Gasteiger partial charge in [-0.05, 0) is 6.07 Å². The first kappa shape index (κ1) is 12.4. The normalized spacial score (nSPS) is 11.5. The van der Waals surface area contributed by atoms with Crippen LogP contribution in [-0.2, 0) is 11.0 Å². The zero-order valence-corrected chi connectivity index (χ0v) is 10.7. The molecule has 0 aromatic heterocycles. The van der Waals surface area contributed by atoms with E-state index in [2.05, 4.69) is 5.92 Å². The molecule has 0 saturated heterocycles. The fourth-order valence-electron chi connectivity index (χ4n) is 1.07. The second kappa shape index (κ2) is 6.01. The first-order valence-electron chi connectivity index (χ1n) is 3.93. The molecule has 0 bridgehead atoms. The Morgan fingerprint density at radius 2 is 2.33 bits per heavy atom. The lowest BCUT2D eigenvalue weighted by atomic mass is 10.1. The van der Waals surface area contributed by atoms with Crippen molar-refractivity contribution in [1.29, 1.82) is 0 Å². The molecule has 1 aromatic rings. The molecule has 0 heterocycles. The highest BCUT2D eigenvalue weighted by Crippen LogP contribution is 2.37. The minimum Gasteiger partial charge on any atom is -0.423 e. The van der Waals surface area contributed by atoms with Gasteiger partial charge in [0.1, 0.15) is 0 Å². The first-order chi connectivity index (χ1) is 7.19. The summed E-state index contributed by atoms with van der Waals surface area (Å²) in [5.41, 5.74) is 0.743. The Kier molecular flexibility index (Phi) is 4.95. The van der Waals surface area contributed by atoms with Gasteiger partial charge >= 0.3 is 8.25 Å². The van der Waals surface area contributed by atoms with Gasteiger partial charge in [-0.2, -0.15) is 0 Å². The van der Waals surface area contributed by atoms with Gasteiger partial charge in [0.15, 0.2) is 34.5 Å². The van der Waals surface area contributed by atoms with Crippen molar-refractivity contribution in [2.24, 2.45) is 0 Å². The maximum atomic E-state index is 10.6. The molecule has 6 heteroatoms. The van der Waals surface area contributed by atoms with Crippen LogP contribution in [-0.4, -0.2) is 4.89 Å². The van der Waals surface area contributed by atoms with Crippen LogP contribution in [0.1, 0.15) is 5.56 Å². The lowest BCUT2D eigenvalue weighted by Gasteiger charge is -2.09. The molecule has 0 aliphatic rings. The lowest BCUT2D eigenvalue weighted by Crippen LogP contribution is -1.90. The number of terminal acetylenes is 1. The SMILES string of the molecule is C#CCc1cccc(O[PH](=O)O)c1OI. The Morgan fingerprint density at radius 1 is 1.60 bits per heavy atom. The van der Waals surface area contributed by atoms with E-state index in [4.69, 9.17) is 18.9 Å². The smallest absolute Gasteiger partial charge is 0.365 e. The van der Waals surface area contributed by atoms with Crippen LogP contribution in [0.2, 0.25) is 0 Å². The molecule has 15 heavy (non-hydrogen) atoms. The molecular formula is C9H8IO4P. The molecule has 1 unspecified atom stereocenters. The summed E-state index contributed by atoms with van der Waals surface area (Å²) in [4.78, 5) is 8.67. The zero-order chi connectivity index (χ0) is 11.3. The van der Waals surface area contributed by atoms with Gasteiger partial charge in [-0.25, -0.2) is 4.57 Å². The molecule has 0 saturated carbocycles. The molecule has 0 radical (unpaired) electrons. The first-order valence-corrected chi connectivity index (χ1v) is 6.08. The summed E-state index contributed by atoms with van der Waals surface area (Å²) in [6.45, 7) is 0. The Hall–Kier alpha value is -0.700. The van der Waals surface area contributed by atoms with Crippen molar-refractivity contribution in [3.8, 4) is 23.8 Å². The average molecular weight is 338 g/mol. The van der Waals surface area contributed by atoms with Crippen molar-refractivity contribution >= 4 is 31.3 Å². The fourth-order valence-corrected chi connectivity index (χ4v) is 1.92. The van der Waals surface area contributed by atoms with Crippen molar-refractivity contribution in [3.63, 3.8) is 0 Å². The highest BCUT2D eigenvalue weighted by Gasteiger charge is 2.11. The predicted molar refractivity (Wildman–Crippen MR) is 65.5 cm³/mol. The molecule has 4 nitrogen and oxygen atoms in total. The summed E-state index contributed by atoms with van der Waals surface area (Å²) >= 11 is 1.67. The Labute approximate surface area is 102 Å². The van der Waals surface area contributed by atoms with Crippen LogP contribution < -0.4 is 7.59 Å². The standard InChI is InChI=1S/C9H8IO4P/c1-2-4-7-5-3-6-8(9(7)13-10)14-15(11)12/h1,3,5-6,15H,4H2,(H,11,12). The number of rotatable bonds is 4. The molecule has 0 spiro atoms. The topological polar surface area (TPSA) is 55.8 Å². The van der Waals surface area contributed by atoms with Gasteiger partial charge < -0.3 is 12.5 Å². The van der Waals surface area contributed by atoms with Gasteiger partial charge in [-0.15, -0.1) is 12.3 Å². The molecule has 0 aliphatic carbocycles. The van der Waals surface area contributed by atoms with E-state index in [1.807, 2.05) is 0 Å². The van der Waals surface area contributed by atoms with E-state index in [1.54, 1.807) is 41.2 Å². The van der Waals surface area contributed by atoms with Crippen LogP contribution in [0.5, 0.6) is 11.5 Å². The highest BCUT2D eigenvalue weighted by atomic mass is 127. The van der Waals surface area contributed by atoms with Crippen molar-refractivity contribution in [1.82, 2.24) is 0 Å². The van der Waals surface area contributed by atoms with E-state index in [0.717, 1.165) is 5.56 Å². The number of benzene rings is 1. The van der Waals surface area contributed by atoms with Crippen molar-refractivity contribution < 1.29 is 17.0 Å². The monoisotopic (exact) mass is 338 g/mol. The third kappa shape index (κ3) is 3.42. The van der Waals surface area contributed by atoms with Crippen molar-refractivity contribution in [2.75, 3.05) is 0 Å². The molecule has 1 rings (SSSR count). The summed E-state index contributed by atoms with van der Waals surface area (Å²) in [6, 6.07) is 5.01. The van der Waals surface area contributed by atoms with E-state index in [9.17, 15) is 4.57 Å². The van der Waals surface area contributed by atoms with Gasteiger partial charge in [0, 0.05) is 12.0 Å². The summed E-state index contributed by atoms with van der Waals surface area (Å²) in [5, 5.41) is 0. The second-order valence-electron chi connectivity index (χ2n) is 2.57. The molecule has 1 N–H and O–H groups in total. The Bertz CT molecular complexity index is 413. The summed E-state index contributed by atoms with van der Waals surface area (Å²) in [5.74, 6) is 3.09. The summed E-state index contributed by atoms with van der Waals surface area (Å²) in [7, 11) is -3.04. The van der Waals surface area contributed by atoms with Crippen molar-refractivity contribution in [2.45, 2.75) is 6.42 Å². The number of para-hydroxylation sites is 1. The van der Waals surface area contributed by atoms with E-state index >= 15 is 0 Å². The van der Waals surface area contributed by atoms with Crippen molar-refractivity contribution in [3.05, 3.63) is 23.8 Å². The van der Waals surface area contributed by atoms with Gasteiger partial charge in [0.05, 0.1) is 0 Å². The average Bonchev–Trinajstić information content (AvgIpc) is 2.18. The van der Waals surface area contributed by atoms with Crippen LogP contribution in [0.4, 0.5) is 0 Å². The predicted octanol–water partition coefficient (Wildman–Crippen LogP) is 2.35. The number of hydrogen-bond acceptors (Lipinski definition) is 3. The van der Waals surface area contributed by atoms with E-state index in [-0.39, 0.29) is 5.75 Å². The van der Waals surface area contributed by atoms with Gasteiger partial charge in [-0.3, -0.25) is 0 Å². The molecule has 1 aromatic carbocycles. The second-order valence-corrected chi connectivity index (χ2v) is 3.75. The van der Waals surface area contributed by atoms with Gasteiger partial charge in [0.25, 0.3) is 0 Å². The minimum absolute atomic E-state index is 0.225. The zero-order valence-electron chi connectivity index (χ0n) is 7.57. The molecule has 1 atom stereocenters. The quantitative estimate of drug-likeness (QED) is 0.520. The van der Waals surface area contributed by atoms with Crippen LogP contribution in [0.15, 0.2) is 18.2 Å². The van der Waals surface area contributed by atoms with Crippen LogP contribution >= 0.6 is 31.3 Å². The Balaban J connectivity index is 3.10. The Morgan fingerprint density at radius 3 is 2.87 bits per heavy atom. The van der Waals surface area contributed by atoms with E-state index in [0.29, 0.717) is 12.2 Å². The molecule has 80 valence electrons. The molecule has 0 fully saturated rings. The fraction of sp³-hybridized carbons (Fsp3) is 0.111. The molecule has 0 aliphatic heterocycles. The largest absolute Gasteiger partial charge is 0.423 e. The highest BCUT2D eigenvalue weighted by molar-refractivity contribution is 14.1. The van der Waals surface area contributed by atoms with Gasteiger partial charge in [0.2, 0.25) is 0 Å². The van der Waals surface area contributed by atoms with Crippen LogP contribution in [0.25, 0.3) is 0 Å². The van der Waals surface area contributed by atoms with Crippen LogP contribution in [0.3, 0.4) is 0 Å². The van der Waals surface area contributed by atoms with E-state index < -0.39 is 8.25 Å². The summed E-state index contributed by atoms with van der Waals surface area (Å²) in [6.07, 6.45) is 5.56. The number of halogens is 1. The third-order valence-electron chi connectivity index (χ3n) is 1.63. The number of hydrogen-bond donors (Lipinski definition) is 1.